The van der Waals surface area contributed by atoms with Gasteiger partial charge in [-0.05, 0) is 27.8 Å². The Morgan fingerprint density at radius 1 is 0.692 bits per heavy atom. The molecule has 8 heteroatoms. The van der Waals surface area contributed by atoms with Crippen molar-refractivity contribution >= 4 is 10.1 Å². The summed E-state index contributed by atoms with van der Waals surface area (Å²) in [5.41, 5.74) is 6.64. The zero-order chi connectivity index (χ0) is 27.0. The Bertz CT molecular complexity index is 1370. The molecule has 3 aromatic carbocycles. The van der Waals surface area contributed by atoms with Crippen molar-refractivity contribution in [2.24, 2.45) is 0 Å². The zero-order valence-electron chi connectivity index (χ0n) is 22.7. The number of hydrogen-bond acceptors (Lipinski definition) is 6. The standard InChI is InChI=1S/C30H35N4.CH4O3S/c1-2-4-25(5-3-1)27-10-12-28(13-11-27)26-8-6-24(7-9-26)14-21-34-22-19-32-16-15-31-17-18-33(20-23-34)30(34)29(31)32;1-5(2,3)4/h1-13,29-30H,14-23H2;1H3,(H,2,3,4)/q+1;/p-1. The maximum absolute atomic E-state index is 9.08. The highest BCUT2D eigenvalue weighted by Crippen LogP contribution is 2.39. The second kappa shape index (κ2) is 10.8. The molecule has 4 aliphatic heterocycles. The van der Waals surface area contributed by atoms with E-state index in [0.717, 1.165) is 0 Å². The molecule has 0 bridgehead atoms. The molecule has 4 fully saturated rings. The van der Waals surface area contributed by atoms with Crippen LogP contribution in [0.3, 0.4) is 0 Å². The summed E-state index contributed by atoms with van der Waals surface area (Å²) in [6.07, 6.45) is 3.16. The summed E-state index contributed by atoms with van der Waals surface area (Å²) in [4.78, 5) is 8.37. The van der Waals surface area contributed by atoms with Crippen molar-refractivity contribution in [3.63, 3.8) is 0 Å². The van der Waals surface area contributed by atoms with Crippen molar-refractivity contribution in [3.05, 3.63) is 84.4 Å². The van der Waals surface area contributed by atoms with Crippen LogP contribution in [-0.4, -0.2) is 110 Å². The highest BCUT2D eigenvalue weighted by Gasteiger charge is 2.59. The number of nitrogens with zero attached hydrogens (tertiary/aromatic N) is 4. The second-order valence-corrected chi connectivity index (χ2v) is 12.8. The first-order valence-electron chi connectivity index (χ1n) is 14.0. The number of hydrogen-bond donors (Lipinski definition) is 0. The molecule has 7 rings (SSSR count). The molecular weight excluding hydrogens is 508 g/mol. The lowest BCUT2D eigenvalue weighted by molar-refractivity contribution is -0.954. The van der Waals surface area contributed by atoms with Crippen LogP contribution < -0.4 is 0 Å². The average molecular weight is 547 g/mol. The van der Waals surface area contributed by atoms with Crippen molar-refractivity contribution in [2.45, 2.75) is 18.8 Å². The average Bonchev–Trinajstić information content (AvgIpc) is 3.53. The van der Waals surface area contributed by atoms with Crippen molar-refractivity contribution in [1.29, 1.82) is 0 Å². The van der Waals surface area contributed by atoms with Crippen LogP contribution in [0.15, 0.2) is 78.9 Å². The number of piperazine rings is 2. The molecule has 3 unspecified atom stereocenters. The van der Waals surface area contributed by atoms with Gasteiger partial charge in [0.05, 0.1) is 36.3 Å². The minimum absolute atomic E-state index is 0.604. The number of benzene rings is 3. The molecule has 0 saturated carbocycles. The normalized spacial score (nSPS) is 26.6. The van der Waals surface area contributed by atoms with Crippen molar-refractivity contribution in [1.82, 2.24) is 14.7 Å². The third-order valence-corrected chi connectivity index (χ3v) is 9.09. The monoisotopic (exact) mass is 546 g/mol. The van der Waals surface area contributed by atoms with E-state index < -0.39 is 10.1 Å². The minimum Gasteiger partial charge on any atom is -0.748 e. The lowest BCUT2D eigenvalue weighted by Gasteiger charge is -2.54. The summed E-state index contributed by atoms with van der Waals surface area (Å²) in [6, 6.07) is 29.0. The van der Waals surface area contributed by atoms with Gasteiger partial charge in [0.25, 0.3) is 0 Å². The lowest BCUT2D eigenvalue weighted by atomic mass is 9.99. The predicted octanol–water partition coefficient (Wildman–Crippen LogP) is 3.15. The summed E-state index contributed by atoms with van der Waals surface area (Å²) in [7, 11) is -3.92. The predicted molar refractivity (Wildman–Crippen MR) is 154 cm³/mol. The molecule has 0 radical (unpaired) electrons. The zero-order valence-corrected chi connectivity index (χ0v) is 23.5. The number of rotatable bonds is 5. The fourth-order valence-corrected chi connectivity index (χ4v) is 7.16. The molecule has 7 nitrogen and oxygen atoms in total. The minimum atomic E-state index is -3.92. The molecule has 0 N–H and O–H groups in total. The van der Waals surface area contributed by atoms with E-state index in [-0.39, 0.29) is 0 Å². The first-order chi connectivity index (χ1) is 18.8. The van der Waals surface area contributed by atoms with Gasteiger partial charge in [-0.3, -0.25) is 9.80 Å². The summed E-state index contributed by atoms with van der Waals surface area (Å²) >= 11 is 0. The molecule has 4 saturated heterocycles. The molecule has 39 heavy (non-hydrogen) atoms. The van der Waals surface area contributed by atoms with Crippen LogP contribution in [-0.2, 0) is 16.5 Å². The Kier molecular flexibility index (Phi) is 7.35. The van der Waals surface area contributed by atoms with Crippen LogP contribution in [0, 0.1) is 0 Å². The van der Waals surface area contributed by atoms with Crippen molar-refractivity contribution in [2.75, 3.05) is 65.2 Å². The molecule has 0 aromatic heterocycles. The Morgan fingerprint density at radius 3 is 1.69 bits per heavy atom. The van der Waals surface area contributed by atoms with Gasteiger partial charge in [-0.25, -0.2) is 13.3 Å². The van der Waals surface area contributed by atoms with Gasteiger partial charge in [0.1, 0.15) is 6.17 Å². The third kappa shape index (κ3) is 5.68. The molecule has 4 aliphatic rings. The number of quaternary nitrogens is 1. The highest BCUT2D eigenvalue weighted by molar-refractivity contribution is 7.84. The smallest absolute Gasteiger partial charge is 0.175 e. The lowest BCUT2D eigenvalue weighted by Crippen LogP contribution is -2.74. The quantitative estimate of drug-likeness (QED) is 0.362. The molecule has 3 aromatic rings. The summed E-state index contributed by atoms with van der Waals surface area (Å²) in [6.45, 7) is 11.6. The SMILES string of the molecule is CS(=O)(=O)[O-].c1ccc(-c2ccc(-c3ccc(CC[N+]45CCN6CCN7CCN(CC4)C5C76)cc3)cc2)cc1. The molecule has 3 atom stereocenters. The molecule has 4 heterocycles. The van der Waals surface area contributed by atoms with E-state index in [1.807, 2.05) is 0 Å². The molecule has 0 spiro atoms. The Labute approximate surface area is 232 Å². The topological polar surface area (TPSA) is 66.9 Å². The van der Waals surface area contributed by atoms with E-state index in [1.165, 1.54) is 97.6 Å². The van der Waals surface area contributed by atoms with Crippen LogP contribution >= 0.6 is 0 Å². The van der Waals surface area contributed by atoms with Crippen LogP contribution in [0.2, 0.25) is 0 Å². The van der Waals surface area contributed by atoms with Gasteiger partial charge in [0, 0.05) is 45.4 Å². The third-order valence-electron chi connectivity index (χ3n) is 9.09. The van der Waals surface area contributed by atoms with E-state index in [2.05, 4.69) is 93.6 Å². The summed E-state index contributed by atoms with van der Waals surface area (Å²) < 4.78 is 28.5. The van der Waals surface area contributed by atoms with E-state index in [9.17, 15) is 0 Å². The molecule has 0 aliphatic carbocycles. The van der Waals surface area contributed by atoms with E-state index in [4.69, 9.17) is 13.0 Å². The van der Waals surface area contributed by atoms with Crippen molar-refractivity contribution in [3.8, 4) is 22.3 Å². The van der Waals surface area contributed by atoms with E-state index in [1.54, 1.807) is 0 Å². The maximum atomic E-state index is 9.08. The Hall–Kier alpha value is -2.59. The summed E-state index contributed by atoms with van der Waals surface area (Å²) in [5.74, 6) is 0. The van der Waals surface area contributed by atoms with Gasteiger partial charge in [-0.2, -0.15) is 0 Å². The van der Waals surface area contributed by atoms with Gasteiger partial charge < -0.3 is 9.04 Å². The molecule has 206 valence electrons. The van der Waals surface area contributed by atoms with Gasteiger partial charge in [-0.15, -0.1) is 0 Å². The van der Waals surface area contributed by atoms with E-state index in [0.29, 0.717) is 18.6 Å². The largest absolute Gasteiger partial charge is 0.748 e. The van der Waals surface area contributed by atoms with Gasteiger partial charge in [0.2, 0.25) is 0 Å². The highest BCUT2D eigenvalue weighted by atomic mass is 32.2. The Morgan fingerprint density at radius 2 is 1.13 bits per heavy atom. The van der Waals surface area contributed by atoms with E-state index >= 15 is 0 Å². The maximum Gasteiger partial charge on any atom is 0.175 e. The first-order valence-corrected chi connectivity index (χ1v) is 15.8. The second-order valence-electron chi connectivity index (χ2n) is 11.4. The molecular formula is C31H38N4O3S. The fraction of sp³-hybridized carbons (Fsp3) is 0.419. The van der Waals surface area contributed by atoms with Crippen LogP contribution in [0.4, 0.5) is 0 Å². The van der Waals surface area contributed by atoms with Crippen molar-refractivity contribution < 1.29 is 17.5 Å². The van der Waals surface area contributed by atoms with Gasteiger partial charge >= 0.3 is 0 Å². The van der Waals surface area contributed by atoms with Crippen LogP contribution in [0.25, 0.3) is 22.3 Å². The first kappa shape index (κ1) is 26.6. The summed E-state index contributed by atoms with van der Waals surface area (Å²) in [5, 5.41) is 0. The Balaban J connectivity index is 0.000000510. The molecule has 0 amide bonds. The van der Waals surface area contributed by atoms with Crippen LogP contribution in [0.1, 0.15) is 5.56 Å². The van der Waals surface area contributed by atoms with Gasteiger partial charge in [-0.1, -0.05) is 78.9 Å². The fourth-order valence-electron chi connectivity index (χ4n) is 7.16. The van der Waals surface area contributed by atoms with Gasteiger partial charge in [0.15, 0.2) is 6.17 Å². The van der Waals surface area contributed by atoms with Crippen LogP contribution in [0.5, 0.6) is 0 Å².